The number of carbonyl (C=O) groups is 1. The summed E-state index contributed by atoms with van der Waals surface area (Å²) < 4.78 is 5.59. The zero-order valence-corrected chi connectivity index (χ0v) is 14.2. The van der Waals surface area contributed by atoms with E-state index in [-0.39, 0.29) is 11.1 Å². The van der Waals surface area contributed by atoms with Crippen molar-refractivity contribution in [3.05, 3.63) is 46.7 Å². The Balaban J connectivity index is 1.71. The first-order chi connectivity index (χ1) is 11.0. The third kappa shape index (κ3) is 3.77. The van der Waals surface area contributed by atoms with E-state index < -0.39 is 5.25 Å². The number of rotatable bonds is 4. The van der Waals surface area contributed by atoms with Gasteiger partial charge in [-0.2, -0.15) is 0 Å². The van der Waals surface area contributed by atoms with Crippen molar-refractivity contribution in [2.75, 3.05) is 5.32 Å². The maximum absolute atomic E-state index is 12.2. The lowest BCUT2D eigenvalue weighted by atomic mass is 10.3. The lowest BCUT2D eigenvalue weighted by molar-refractivity contribution is -0.115. The molecule has 0 bridgehead atoms. The summed E-state index contributed by atoms with van der Waals surface area (Å²) in [6.07, 6.45) is 1.56. The Morgan fingerprint density at radius 2 is 2.17 bits per heavy atom. The number of hydrogen-bond donors (Lipinski definition) is 1. The molecule has 3 rings (SSSR count). The number of nitrogens with zero attached hydrogens (tertiary/aromatic N) is 2. The van der Waals surface area contributed by atoms with E-state index in [4.69, 9.17) is 27.6 Å². The fourth-order valence-electron chi connectivity index (χ4n) is 1.85. The summed E-state index contributed by atoms with van der Waals surface area (Å²) in [6, 6.07) is 8.58. The molecule has 8 heteroatoms. The van der Waals surface area contributed by atoms with Crippen molar-refractivity contribution >= 4 is 57.7 Å². The van der Waals surface area contributed by atoms with Gasteiger partial charge in [-0.1, -0.05) is 35.0 Å². The summed E-state index contributed by atoms with van der Waals surface area (Å²) in [5.41, 5.74) is 1.75. The Morgan fingerprint density at radius 1 is 1.35 bits per heavy atom. The predicted molar refractivity (Wildman–Crippen MR) is 92.2 cm³/mol. The number of benzene rings is 1. The fraction of sp³-hybridized carbons (Fsp3) is 0.133. The highest BCUT2D eigenvalue weighted by Gasteiger charge is 2.19. The van der Waals surface area contributed by atoms with Crippen molar-refractivity contribution in [1.82, 2.24) is 9.97 Å². The minimum atomic E-state index is -0.421. The first-order valence-corrected chi connectivity index (χ1v) is 8.30. The number of amides is 1. The van der Waals surface area contributed by atoms with Gasteiger partial charge in [0.15, 0.2) is 10.7 Å². The number of hydrogen-bond acceptors (Lipinski definition) is 5. The van der Waals surface area contributed by atoms with Crippen LogP contribution in [0.4, 0.5) is 5.69 Å². The number of thioether (sulfide) groups is 1. The van der Waals surface area contributed by atoms with Gasteiger partial charge in [-0.15, -0.1) is 0 Å². The third-order valence-corrected chi connectivity index (χ3v) is 4.47. The highest BCUT2D eigenvalue weighted by atomic mass is 35.5. The molecule has 0 aliphatic heterocycles. The van der Waals surface area contributed by atoms with Gasteiger partial charge in [-0.25, -0.2) is 9.97 Å². The SMILES string of the molecule is C[C@H](Sc1nc2ccc(Cl)cc2o1)C(=O)Nc1cccnc1Cl. The highest BCUT2D eigenvalue weighted by molar-refractivity contribution is 8.00. The first kappa shape index (κ1) is 16.1. The second kappa shape index (κ2) is 6.78. The number of carbonyl (C=O) groups excluding carboxylic acids is 1. The molecule has 1 aromatic carbocycles. The number of fused-ring (bicyclic) bond motifs is 1. The number of halogens is 2. The standard InChI is InChI=1S/C15H11Cl2N3O2S/c1-8(14(21)19-11-3-2-6-18-13(11)17)23-15-20-10-5-4-9(16)7-12(10)22-15/h2-8H,1H3,(H,19,21)/t8-/m0/s1. The summed E-state index contributed by atoms with van der Waals surface area (Å²) >= 11 is 13.0. The predicted octanol–water partition coefficient (Wildman–Crippen LogP) is 4.65. The van der Waals surface area contributed by atoms with Crippen molar-refractivity contribution in [3.8, 4) is 0 Å². The maximum atomic E-state index is 12.2. The molecule has 1 amide bonds. The Morgan fingerprint density at radius 3 is 2.96 bits per heavy atom. The molecule has 118 valence electrons. The molecule has 2 aromatic heterocycles. The summed E-state index contributed by atoms with van der Waals surface area (Å²) in [4.78, 5) is 20.5. The Labute approximate surface area is 146 Å². The van der Waals surface area contributed by atoms with Crippen LogP contribution in [0.3, 0.4) is 0 Å². The van der Waals surface area contributed by atoms with E-state index >= 15 is 0 Å². The molecule has 0 radical (unpaired) electrons. The minimum Gasteiger partial charge on any atom is -0.431 e. The summed E-state index contributed by atoms with van der Waals surface area (Å²) in [5, 5.41) is 3.53. The average molecular weight is 368 g/mol. The van der Waals surface area contributed by atoms with E-state index in [1.165, 1.54) is 11.8 Å². The third-order valence-electron chi connectivity index (χ3n) is 2.99. The molecule has 1 N–H and O–H groups in total. The molecule has 5 nitrogen and oxygen atoms in total. The van der Waals surface area contributed by atoms with E-state index in [1.54, 1.807) is 43.5 Å². The molecular formula is C15H11Cl2N3O2S. The van der Waals surface area contributed by atoms with Crippen LogP contribution < -0.4 is 5.32 Å². The van der Waals surface area contributed by atoms with Crippen molar-refractivity contribution in [2.24, 2.45) is 0 Å². The molecule has 2 heterocycles. The number of anilines is 1. The van der Waals surface area contributed by atoms with Gasteiger partial charge in [-0.3, -0.25) is 4.79 Å². The largest absolute Gasteiger partial charge is 0.431 e. The molecule has 0 spiro atoms. The molecule has 0 saturated carbocycles. The molecular weight excluding hydrogens is 357 g/mol. The fourth-order valence-corrected chi connectivity index (χ4v) is 2.93. The van der Waals surface area contributed by atoms with Crippen LogP contribution in [0.1, 0.15) is 6.92 Å². The van der Waals surface area contributed by atoms with Crippen LogP contribution in [0.25, 0.3) is 11.1 Å². The van der Waals surface area contributed by atoms with Crippen LogP contribution in [0.15, 0.2) is 46.2 Å². The van der Waals surface area contributed by atoms with Crippen LogP contribution in [-0.4, -0.2) is 21.1 Å². The topological polar surface area (TPSA) is 68.0 Å². The van der Waals surface area contributed by atoms with Gasteiger partial charge in [0.05, 0.1) is 10.9 Å². The molecule has 0 aliphatic rings. The van der Waals surface area contributed by atoms with E-state index in [0.717, 1.165) is 0 Å². The van der Waals surface area contributed by atoms with Crippen LogP contribution in [0.5, 0.6) is 0 Å². The second-order valence-electron chi connectivity index (χ2n) is 4.68. The van der Waals surface area contributed by atoms with E-state index in [1.807, 2.05) is 0 Å². The van der Waals surface area contributed by atoms with E-state index in [2.05, 4.69) is 15.3 Å². The normalized spacial score (nSPS) is 12.3. The quantitative estimate of drug-likeness (QED) is 0.536. The highest BCUT2D eigenvalue weighted by Crippen LogP contribution is 2.29. The summed E-state index contributed by atoms with van der Waals surface area (Å²) in [6.45, 7) is 1.76. The van der Waals surface area contributed by atoms with Crippen LogP contribution in [0, 0.1) is 0 Å². The number of aromatic nitrogens is 2. The lowest BCUT2D eigenvalue weighted by Gasteiger charge is -2.10. The number of oxazole rings is 1. The smallest absolute Gasteiger partial charge is 0.257 e. The molecule has 0 fully saturated rings. The van der Waals surface area contributed by atoms with Crippen molar-refractivity contribution in [1.29, 1.82) is 0 Å². The van der Waals surface area contributed by atoms with Crippen LogP contribution >= 0.6 is 35.0 Å². The molecule has 1 atom stereocenters. The monoisotopic (exact) mass is 367 g/mol. The van der Waals surface area contributed by atoms with Crippen molar-refractivity contribution in [2.45, 2.75) is 17.4 Å². The molecule has 3 aromatic rings. The number of pyridine rings is 1. The molecule has 0 unspecified atom stereocenters. The molecule has 0 saturated heterocycles. The molecule has 23 heavy (non-hydrogen) atoms. The Bertz CT molecular complexity index is 869. The van der Waals surface area contributed by atoms with Gasteiger partial charge >= 0.3 is 0 Å². The van der Waals surface area contributed by atoms with Gasteiger partial charge < -0.3 is 9.73 Å². The zero-order chi connectivity index (χ0) is 16.4. The van der Waals surface area contributed by atoms with Crippen LogP contribution in [-0.2, 0) is 4.79 Å². The second-order valence-corrected chi connectivity index (χ2v) is 6.77. The Kier molecular flexibility index (Phi) is 4.75. The van der Waals surface area contributed by atoms with Gasteiger partial charge in [-0.05, 0) is 31.2 Å². The van der Waals surface area contributed by atoms with E-state index in [0.29, 0.717) is 27.0 Å². The summed E-state index contributed by atoms with van der Waals surface area (Å²) in [7, 11) is 0. The lowest BCUT2D eigenvalue weighted by Crippen LogP contribution is -2.22. The minimum absolute atomic E-state index is 0.217. The number of nitrogens with one attached hydrogen (secondary N) is 1. The van der Waals surface area contributed by atoms with Crippen molar-refractivity contribution < 1.29 is 9.21 Å². The van der Waals surface area contributed by atoms with E-state index in [9.17, 15) is 4.79 Å². The van der Waals surface area contributed by atoms with Gasteiger partial charge in [0, 0.05) is 17.3 Å². The average Bonchev–Trinajstić information content (AvgIpc) is 2.90. The van der Waals surface area contributed by atoms with Gasteiger partial charge in [0.1, 0.15) is 5.52 Å². The maximum Gasteiger partial charge on any atom is 0.257 e. The van der Waals surface area contributed by atoms with Gasteiger partial charge in [0.2, 0.25) is 5.91 Å². The Hall–Kier alpha value is -1.76. The zero-order valence-electron chi connectivity index (χ0n) is 11.9. The van der Waals surface area contributed by atoms with Crippen molar-refractivity contribution in [3.63, 3.8) is 0 Å². The summed E-state index contributed by atoms with van der Waals surface area (Å²) in [5.74, 6) is -0.217. The van der Waals surface area contributed by atoms with Gasteiger partial charge in [0.25, 0.3) is 5.22 Å². The molecule has 0 aliphatic carbocycles. The first-order valence-electron chi connectivity index (χ1n) is 6.67. The van der Waals surface area contributed by atoms with Crippen LogP contribution in [0.2, 0.25) is 10.2 Å².